The molecule has 2 aliphatic rings. The molecular formula is C24H32F3N3O6S3. The molecule has 2 atom stereocenters. The first-order chi connectivity index (χ1) is 17.9. The first-order valence-electron chi connectivity index (χ1n) is 12.2. The second-order valence-electron chi connectivity index (χ2n) is 10.6. The summed E-state index contributed by atoms with van der Waals surface area (Å²) >= 11 is 1.09. The Hall–Kier alpha value is -1.75. The van der Waals surface area contributed by atoms with Crippen LogP contribution in [0.25, 0.3) is 0 Å². The quantitative estimate of drug-likeness (QED) is 0.465. The largest absolute Gasteiger partial charge is 0.421 e. The molecule has 3 heterocycles. The smallest absolute Gasteiger partial charge is 0.380 e. The van der Waals surface area contributed by atoms with E-state index in [2.05, 4.69) is 0 Å². The molecule has 39 heavy (non-hydrogen) atoms. The minimum Gasteiger partial charge on any atom is -0.380 e. The number of anilines is 1. The summed E-state index contributed by atoms with van der Waals surface area (Å²) in [6.45, 7) is 3.78. The molecule has 15 heteroatoms. The summed E-state index contributed by atoms with van der Waals surface area (Å²) in [5.41, 5.74) is -3.28. The zero-order chi connectivity index (χ0) is 28.9. The standard InChI is InChI=1S/C24H32F3N3O6S3/c1-22(16-36-17-22)15-29(38(3,32)33)14-20-13-28(39(34,35)21-5-4-12-37-21)10-11-30(20)19-8-6-18(7-9-19)23(2,31)24(25,26)27/h4-9,12,20,31H,10-11,13-17H2,1-3H3. The number of thiophene rings is 1. The fourth-order valence-electron chi connectivity index (χ4n) is 4.74. The van der Waals surface area contributed by atoms with Gasteiger partial charge in [-0.2, -0.15) is 21.8 Å². The van der Waals surface area contributed by atoms with Crippen LogP contribution >= 0.6 is 11.3 Å². The molecule has 218 valence electrons. The molecule has 2 aromatic rings. The van der Waals surface area contributed by atoms with Gasteiger partial charge in [0, 0.05) is 43.8 Å². The number of hydrogen-bond donors (Lipinski definition) is 1. The number of rotatable bonds is 9. The van der Waals surface area contributed by atoms with Crippen LogP contribution in [0.5, 0.6) is 0 Å². The van der Waals surface area contributed by atoms with Crippen LogP contribution in [0.3, 0.4) is 0 Å². The molecular weight excluding hydrogens is 579 g/mol. The van der Waals surface area contributed by atoms with Gasteiger partial charge >= 0.3 is 6.18 Å². The SMILES string of the molecule is CC1(CN(CC2CN(S(=O)(=O)c3cccs3)CCN2c2ccc(C(C)(O)C(F)(F)F)cc2)S(C)(=O)=O)COC1. The number of halogens is 3. The summed E-state index contributed by atoms with van der Waals surface area (Å²) in [7, 11) is -7.51. The summed E-state index contributed by atoms with van der Waals surface area (Å²) < 4.78 is 100. The van der Waals surface area contributed by atoms with Gasteiger partial charge in [0.2, 0.25) is 10.0 Å². The summed E-state index contributed by atoms with van der Waals surface area (Å²) in [6.07, 6.45) is -3.78. The van der Waals surface area contributed by atoms with Gasteiger partial charge in [-0.1, -0.05) is 25.1 Å². The van der Waals surface area contributed by atoms with Gasteiger partial charge in [-0.15, -0.1) is 11.3 Å². The molecule has 1 aromatic carbocycles. The highest BCUT2D eigenvalue weighted by Gasteiger charge is 2.51. The van der Waals surface area contributed by atoms with Gasteiger partial charge in [0.1, 0.15) is 4.21 Å². The van der Waals surface area contributed by atoms with Crippen molar-refractivity contribution < 1.29 is 39.9 Å². The Bertz CT molecular complexity index is 1360. The van der Waals surface area contributed by atoms with Crippen LogP contribution in [0.15, 0.2) is 46.0 Å². The Kier molecular flexibility index (Phi) is 8.20. The van der Waals surface area contributed by atoms with Crippen LogP contribution < -0.4 is 4.90 Å². The van der Waals surface area contributed by atoms with Crippen molar-refractivity contribution >= 4 is 37.1 Å². The summed E-state index contributed by atoms with van der Waals surface area (Å²) in [4.78, 5) is 1.81. The van der Waals surface area contributed by atoms with Crippen molar-refractivity contribution in [3.63, 3.8) is 0 Å². The average molecular weight is 612 g/mol. The van der Waals surface area contributed by atoms with Crippen LogP contribution in [-0.2, 0) is 30.4 Å². The molecule has 4 rings (SSSR count). The molecule has 2 unspecified atom stereocenters. The summed E-state index contributed by atoms with van der Waals surface area (Å²) in [5, 5.41) is 11.7. The molecule has 2 saturated heterocycles. The number of sulfonamides is 2. The Morgan fingerprint density at radius 1 is 1.13 bits per heavy atom. The monoisotopic (exact) mass is 611 g/mol. The second kappa shape index (κ2) is 10.6. The van der Waals surface area contributed by atoms with Gasteiger partial charge in [0.15, 0.2) is 5.60 Å². The van der Waals surface area contributed by atoms with Crippen LogP contribution in [0.2, 0.25) is 0 Å². The van der Waals surface area contributed by atoms with Crippen molar-refractivity contribution in [2.45, 2.75) is 35.9 Å². The van der Waals surface area contributed by atoms with Crippen molar-refractivity contribution in [1.82, 2.24) is 8.61 Å². The van der Waals surface area contributed by atoms with Crippen molar-refractivity contribution in [3.05, 3.63) is 47.3 Å². The average Bonchev–Trinajstić information content (AvgIpc) is 3.37. The molecule has 9 nitrogen and oxygen atoms in total. The predicted molar refractivity (Wildman–Crippen MR) is 142 cm³/mol. The molecule has 2 aliphatic heterocycles. The van der Waals surface area contributed by atoms with E-state index in [0.29, 0.717) is 25.8 Å². The highest BCUT2D eigenvalue weighted by molar-refractivity contribution is 7.91. The number of benzene rings is 1. The van der Waals surface area contributed by atoms with Crippen molar-refractivity contribution in [1.29, 1.82) is 0 Å². The van der Waals surface area contributed by atoms with Crippen LogP contribution in [0.4, 0.5) is 18.9 Å². The third kappa shape index (κ3) is 6.29. The Labute approximate surface area is 230 Å². The number of hydrogen-bond acceptors (Lipinski definition) is 8. The van der Waals surface area contributed by atoms with E-state index in [0.717, 1.165) is 17.6 Å². The number of aliphatic hydroxyl groups is 1. The highest BCUT2D eigenvalue weighted by Crippen LogP contribution is 2.39. The van der Waals surface area contributed by atoms with Crippen LogP contribution in [0, 0.1) is 5.41 Å². The van der Waals surface area contributed by atoms with E-state index in [4.69, 9.17) is 4.74 Å². The van der Waals surface area contributed by atoms with Crippen molar-refractivity contribution in [2.24, 2.45) is 5.41 Å². The van der Waals surface area contributed by atoms with Gasteiger partial charge in [-0.25, -0.2) is 16.8 Å². The lowest BCUT2D eigenvalue weighted by molar-refractivity contribution is -0.258. The van der Waals surface area contributed by atoms with E-state index in [9.17, 15) is 35.1 Å². The fraction of sp³-hybridized carbons (Fsp3) is 0.583. The van der Waals surface area contributed by atoms with Gasteiger partial charge < -0.3 is 14.7 Å². The Morgan fingerprint density at radius 2 is 1.77 bits per heavy atom. The number of nitrogens with zero attached hydrogens (tertiary/aromatic N) is 3. The molecule has 1 aromatic heterocycles. The maximum atomic E-state index is 13.3. The first kappa shape index (κ1) is 30.2. The Balaban J connectivity index is 1.66. The highest BCUT2D eigenvalue weighted by atomic mass is 32.2. The minimum absolute atomic E-state index is 0.0263. The molecule has 0 spiro atoms. The van der Waals surface area contributed by atoms with Crippen LogP contribution in [-0.4, -0.2) is 95.0 Å². The molecule has 0 aliphatic carbocycles. The molecule has 2 fully saturated rings. The third-order valence-corrected chi connectivity index (χ3v) is 11.6. The van der Waals surface area contributed by atoms with E-state index in [1.807, 2.05) is 11.8 Å². The van der Waals surface area contributed by atoms with Crippen molar-refractivity contribution in [3.8, 4) is 0 Å². The second-order valence-corrected chi connectivity index (χ2v) is 15.7. The third-order valence-electron chi connectivity index (χ3n) is 7.19. The molecule has 1 N–H and O–H groups in total. The van der Waals surface area contributed by atoms with Gasteiger partial charge in [0.25, 0.3) is 10.0 Å². The molecule has 0 bridgehead atoms. The van der Waals surface area contributed by atoms with Gasteiger partial charge in [-0.3, -0.25) is 0 Å². The lowest BCUT2D eigenvalue weighted by Crippen LogP contribution is -2.60. The van der Waals surface area contributed by atoms with E-state index in [1.54, 1.807) is 11.4 Å². The molecule has 0 saturated carbocycles. The zero-order valence-electron chi connectivity index (χ0n) is 21.8. The lowest BCUT2D eigenvalue weighted by atomic mass is 9.88. The van der Waals surface area contributed by atoms with E-state index >= 15 is 0 Å². The maximum Gasteiger partial charge on any atom is 0.421 e. The fourth-order valence-corrected chi connectivity index (χ4v) is 8.34. The van der Waals surface area contributed by atoms with E-state index < -0.39 is 37.9 Å². The number of ether oxygens (including phenoxy) is 1. The summed E-state index contributed by atoms with van der Waals surface area (Å²) in [5.74, 6) is 0. The minimum atomic E-state index is -4.88. The Morgan fingerprint density at radius 3 is 2.26 bits per heavy atom. The maximum absolute atomic E-state index is 13.3. The van der Waals surface area contributed by atoms with Crippen LogP contribution in [0.1, 0.15) is 19.4 Å². The number of alkyl halides is 3. The van der Waals surface area contributed by atoms with E-state index in [-0.39, 0.29) is 47.9 Å². The normalized spacial score (nSPS) is 22.5. The van der Waals surface area contributed by atoms with Gasteiger partial charge in [0.05, 0.1) is 25.5 Å². The topological polar surface area (TPSA) is 107 Å². The first-order valence-corrected chi connectivity index (χ1v) is 16.3. The zero-order valence-corrected chi connectivity index (χ0v) is 24.2. The van der Waals surface area contributed by atoms with Gasteiger partial charge in [-0.05, 0) is 36.1 Å². The lowest BCUT2D eigenvalue weighted by Gasteiger charge is -2.46. The van der Waals surface area contributed by atoms with E-state index in [1.165, 1.54) is 38.9 Å². The molecule has 0 radical (unpaired) electrons. The molecule has 0 amide bonds. The predicted octanol–water partition coefficient (Wildman–Crippen LogP) is 2.70. The summed E-state index contributed by atoms with van der Waals surface area (Å²) in [6, 6.07) is 7.71. The number of piperazine rings is 1. The van der Waals surface area contributed by atoms with Crippen molar-refractivity contribution in [2.75, 3.05) is 57.1 Å².